The second kappa shape index (κ2) is 12.1. The number of fused-ring (bicyclic) bond motifs is 1. The summed E-state index contributed by atoms with van der Waals surface area (Å²) in [6.07, 6.45) is 4.07. The summed E-state index contributed by atoms with van der Waals surface area (Å²) >= 11 is 0. The number of unbranched alkanes of at least 4 members (excludes halogenated alkanes) is 1. The SMILES string of the molecule is CCN(CC)CCCCNc1cc2c(cn1)cc(-c1c(C)c(OC)cc(OC)c1C)c(=O)n2CC. The van der Waals surface area contributed by atoms with Gasteiger partial charge in [-0.3, -0.25) is 4.79 Å². The van der Waals surface area contributed by atoms with E-state index in [9.17, 15) is 4.79 Å². The summed E-state index contributed by atoms with van der Waals surface area (Å²) in [6.45, 7) is 15.1. The Morgan fingerprint density at radius 1 is 0.971 bits per heavy atom. The van der Waals surface area contributed by atoms with Gasteiger partial charge in [0.2, 0.25) is 0 Å². The first-order chi connectivity index (χ1) is 16.9. The van der Waals surface area contributed by atoms with E-state index in [1.54, 1.807) is 14.2 Å². The summed E-state index contributed by atoms with van der Waals surface area (Å²) in [4.78, 5) is 20.8. The largest absolute Gasteiger partial charge is 0.496 e. The normalized spacial score (nSPS) is 11.3. The molecule has 7 nitrogen and oxygen atoms in total. The summed E-state index contributed by atoms with van der Waals surface area (Å²) in [7, 11) is 3.27. The van der Waals surface area contributed by atoms with E-state index in [-0.39, 0.29) is 5.56 Å². The van der Waals surface area contributed by atoms with Gasteiger partial charge in [-0.1, -0.05) is 13.8 Å². The predicted octanol–water partition coefficient (Wildman–Crippen LogP) is 5.25. The summed E-state index contributed by atoms with van der Waals surface area (Å²) < 4.78 is 13.0. The summed E-state index contributed by atoms with van der Waals surface area (Å²) in [5, 5.41) is 4.36. The Morgan fingerprint density at radius 2 is 1.63 bits per heavy atom. The van der Waals surface area contributed by atoms with E-state index in [0.717, 1.165) is 72.4 Å². The maximum Gasteiger partial charge on any atom is 0.258 e. The molecule has 0 atom stereocenters. The van der Waals surface area contributed by atoms with Crippen LogP contribution in [0.1, 0.15) is 44.7 Å². The number of hydrogen-bond donors (Lipinski definition) is 1. The summed E-state index contributed by atoms with van der Waals surface area (Å²) in [5.74, 6) is 2.19. The lowest BCUT2D eigenvalue weighted by atomic mass is 9.94. The molecule has 0 bridgehead atoms. The van der Waals surface area contributed by atoms with Crippen molar-refractivity contribution in [3.05, 3.63) is 45.9 Å². The number of nitrogens with zero attached hydrogens (tertiary/aromatic N) is 3. The first-order valence-electron chi connectivity index (χ1n) is 12.6. The monoisotopic (exact) mass is 480 g/mol. The van der Waals surface area contributed by atoms with E-state index in [2.05, 4.69) is 29.0 Å². The van der Waals surface area contributed by atoms with Gasteiger partial charge >= 0.3 is 0 Å². The number of rotatable bonds is 12. The lowest BCUT2D eigenvalue weighted by Gasteiger charge is -2.19. The van der Waals surface area contributed by atoms with E-state index in [0.29, 0.717) is 23.6 Å². The molecule has 2 aromatic heterocycles. The topological polar surface area (TPSA) is 68.6 Å². The highest BCUT2D eigenvalue weighted by atomic mass is 16.5. The number of pyridine rings is 2. The summed E-state index contributed by atoms with van der Waals surface area (Å²) in [5.41, 5.74) is 4.17. The third kappa shape index (κ3) is 5.61. The molecule has 0 spiro atoms. The fourth-order valence-corrected chi connectivity index (χ4v) is 4.77. The second-order valence-electron chi connectivity index (χ2n) is 8.80. The highest BCUT2D eigenvalue weighted by molar-refractivity contribution is 5.87. The molecule has 0 aliphatic carbocycles. The minimum atomic E-state index is -0.0297. The number of hydrogen-bond acceptors (Lipinski definition) is 6. The zero-order chi connectivity index (χ0) is 25.5. The fraction of sp³-hybridized carbons (Fsp3) is 0.500. The van der Waals surface area contributed by atoms with E-state index < -0.39 is 0 Å². The number of methoxy groups -OCH3 is 2. The third-order valence-electron chi connectivity index (χ3n) is 6.86. The van der Waals surface area contributed by atoms with Crippen molar-refractivity contribution in [1.29, 1.82) is 0 Å². The van der Waals surface area contributed by atoms with Crippen LogP contribution in [0.25, 0.3) is 22.0 Å². The standard InChI is InChI=1S/C28H40N4O3/c1-8-31(9-2)14-12-11-13-29-26-16-23-21(18-30-26)15-22(28(33)32(23)10-3)27-19(4)24(34-6)17-25(35-7)20(27)5/h15-18H,8-14H2,1-7H3,(H,29,30). The number of nitrogens with one attached hydrogen (secondary N) is 1. The predicted molar refractivity (Wildman–Crippen MR) is 145 cm³/mol. The molecule has 0 fully saturated rings. The number of benzene rings is 1. The van der Waals surface area contributed by atoms with Crippen LogP contribution in [0.3, 0.4) is 0 Å². The van der Waals surface area contributed by atoms with Gasteiger partial charge in [0, 0.05) is 47.9 Å². The second-order valence-corrected chi connectivity index (χ2v) is 8.80. The minimum Gasteiger partial charge on any atom is -0.496 e. The van der Waals surface area contributed by atoms with Crippen molar-refractivity contribution in [1.82, 2.24) is 14.5 Å². The average Bonchev–Trinajstić information content (AvgIpc) is 2.87. The zero-order valence-corrected chi connectivity index (χ0v) is 22.3. The van der Waals surface area contributed by atoms with Gasteiger partial charge in [0.05, 0.1) is 19.7 Å². The quantitative estimate of drug-likeness (QED) is 0.357. The van der Waals surface area contributed by atoms with Crippen LogP contribution in [-0.2, 0) is 6.54 Å². The highest BCUT2D eigenvalue weighted by Crippen LogP contribution is 2.38. The van der Waals surface area contributed by atoms with Gasteiger partial charge in [-0.2, -0.15) is 0 Å². The molecule has 2 heterocycles. The van der Waals surface area contributed by atoms with Gasteiger partial charge in [-0.05, 0) is 70.4 Å². The third-order valence-corrected chi connectivity index (χ3v) is 6.86. The molecule has 1 aromatic carbocycles. The van der Waals surface area contributed by atoms with Gasteiger partial charge in [-0.15, -0.1) is 0 Å². The zero-order valence-electron chi connectivity index (χ0n) is 22.3. The van der Waals surface area contributed by atoms with Crippen molar-refractivity contribution < 1.29 is 9.47 Å². The molecule has 0 saturated heterocycles. The molecule has 0 amide bonds. The number of anilines is 1. The van der Waals surface area contributed by atoms with Crippen LogP contribution < -0.4 is 20.3 Å². The van der Waals surface area contributed by atoms with Crippen LogP contribution in [-0.4, -0.2) is 54.8 Å². The molecule has 0 aliphatic rings. The van der Waals surface area contributed by atoms with Gasteiger partial charge in [0.15, 0.2) is 0 Å². The van der Waals surface area contributed by atoms with Crippen molar-refractivity contribution >= 4 is 16.7 Å². The molecule has 0 unspecified atom stereocenters. The minimum absolute atomic E-state index is 0.0297. The van der Waals surface area contributed by atoms with Gasteiger partial charge in [0.25, 0.3) is 5.56 Å². The first kappa shape index (κ1) is 26.5. The van der Waals surface area contributed by atoms with Gasteiger partial charge in [-0.25, -0.2) is 4.98 Å². The molecule has 190 valence electrons. The van der Waals surface area contributed by atoms with Crippen molar-refractivity contribution in [3.8, 4) is 22.6 Å². The smallest absolute Gasteiger partial charge is 0.258 e. The fourth-order valence-electron chi connectivity index (χ4n) is 4.77. The first-order valence-corrected chi connectivity index (χ1v) is 12.6. The van der Waals surface area contributed by atoms with Crippen LogP contribution in [0.5, 0.6) is 11.5 Å². The van der Waals surface area contributed by atoms with E-state index in [4.69, 9.17) is 9.47 Å². The van der Waals surface area contributed by atoms with Gasteiger partial charge in [0.1, 0.15) is 17.3 Å². The Morgan fingerprint density at radius 3 is 2.20 bits per heavy atom. The van der Waals surface area contributed by atoms with E-state index in [1.807, 2.05) is 49.7 Å². The Labute approximate surface area is 209 Å². The van der Waals surface area contributed by atoms with Crippen LogP contribution in [0.2, 0.25) is 0 Å². The molecule has 3 aromatic rings. The van der Waals surface area contributed by atoms with Crippen molar-refractivity contribution in [2.75, 3.05) is 45.7 Å². The Balaban J connectivity index is 1.95. The molecule has 0 saturated carbocycles. The number of ether oxygens (including phenoxy) is 2. The van der Waals surface area contributed by atoms with Crippen LogP contribution >= 0.6 is 0 Å². The number of aryl methyl sites for hydroxylation is 1. The molecule has 1 N–H and O–H groups in total. The van der Waals surface area contributed by atoms with Crippen molar-refractivity contribution in [3.63, 3.8) is 0 Å². The highest BCUT2D eigenvalue weighted by Gasteiger charge is 2.20. The van der Waals surface area contributed by atoms with E-state index >= 15 is 0 Å². The molecule has 7 heteroatoms. The van der Waals surface area contributed by atoms with Crippen LogP contribution in [0.15, 0.2) is 29.2 Å². The molecule has 35 heavy (non-hydrogen) atoms. The van der Waals surface area contributed by atoms with Gasteiger partial charge < -0.3 is 24.3 Å². The lowest BCUT2D eigenvalue weighted by molar-refractivity contribution is 0.298. The molecule has 0 aliphatic heterocycles. The average molecular weight is 481 g/mol. The Hall–Kier alpha value is -3.06. The Bertz CT molecular complexity index is 1190. The Kier molecular flexibility index (Phi) is 9.15. The van der Waals surface area contributed by atoms with Crippen LogP contribution in [0, 0.1) is 13.8 Å². The molecular formula is C28H40N4O3. The molecular weight excluding hydrogens is 440 g/mol. The summed E-state index contributed by atoms with van der Waals surface area (Å²) in [6, 6.07) is 5.80. The lowest BCUT2D eigenvalue weighted by Crippen LogP contribution is -2.24. The maximum atomic E-state index is 13.7. The number of aromatic nitrogens is 2. The van der Waals surface area contributed by atoms with Crippen molar-refractivity contribution in [2.24, 2.45) is 0 Å². The molecule has 0 radical (unpaired) electrons. The van der Waals surface area contributed by atoms with Crippen LogP contribution in [0.4, 0.5) is 5.82 Å². The van der Waals surface area contributed by atoms with E-state index in [1.165, 1.54) is 0 Å². The molecule has 3 rings (SSSR count). The maximum absolute atomic E-state index is 13.7. The van der Waals surface area contributed by atoms with Crippen molar-refractivity contribution in [2.45, 2.75) is 54.0 Å².